The van der Waals surface area contributed by atoms with Crippen molar-refractivity contribution in [2.45, 2.75) is 38.0 Å². The van der Waals surface area contributed by atoms with Crippen molar-refractivity contribution < 1.29 is 14.3 Å². The molecule has 1 aliphatic heterocycles. The van der Waals surface area contributed by atoms with Gasteiger partial charge in [-0.3, -0.25) is 9.59 Å². The molecule has 0 aromatic heterocycles. The maximum Gasteiger partial charge on any atom is 0.225 e. The van der Waals surface area contributed by atoms with Crippen molar-refractivity contribution in [3.8, 4) is 5.75 Å². The van der Waals surface area contributed by atoms with Crippen LogP contribution < -0.4 is 10.1 Å². The van der Waals surface area contributed by atoms with Gasteiger partial charge in [-0.2, -0.15) is 0 Å². The molecule has 2 atom stereocenters. The number of Topliss-reactive ketones (excluding diaryl/α,β-unsaturated/α-hetero) is 1. The van der Waals surface area contributed by atoms with Gasteiger partial charge in [0.05, 0.1) is 6.61 Å². The number of benzene rings is 2. The van der Waals surface area contributed by atoms with Crippen LogP contribution in [0.5, 0.6) is 5.75 Å². The summed E-state index contributed by atoms with van der Waals surface area (Å²) in [4.78, 5) is 25.7. The Kier molecular flexibility index (Phi) is 5.23. The molecular formula is C23H22ClNO3. The Hall–Kier alpha value is -2.59. The van der Waals surface area contributed by atoms with Crippen LogP contribution in [-0.2, 0) is 9.59 Å². The molecule has 1 heterocycles. The molecule has 0 saturated heterocycles. The minimum atomic E-state index is -0.272. The first-order valence-electron chi connectivity index (χ1n) is 9.60. The average molecular weight is 396 g/mol. The maximum atomic E-state index is 13.2. The number of allylic oxidation sites excluding steroid dienone is 2. The van der Waals surface area contributed by atoms with E-state index in [4.69, 9.17) is 16.3 Å². The van der Waals surface area contributed by atoms with Crippen LogP contribution in [0.2, 0.25) is 5.02 Å². The molecule has 0 radical (unpaired) electrons. The van der Waals surface area contributed by atoms with E-state index in [2.05, 4.69) is 5.32 Å². The molecule has 28 heavy (non-hydrogen) atoms. The molecule has 4 rings (SSSR count). The van der Waals surface area contributed by atoms with Gasteiger partial charge in [-0.1, -0.05) is 48.0 Å². The monoisotopic (exact) mass is 395 g/mol. The van der Waals surface area contributed by atoms with Crippen molar-refractivity contribution >= 4 is 23.3 Å². The molecule has 2 aliphatic rings. The molecular weight excluding hydrogens is 374 g/mol. The highest BCUT2D eigenvalue weighted by molar-refractivity contribution is 6.31. The molecule has 2 aromatic carbocycles. The SMILES string of the molecule is CCOc1ccccc1C1CC(=O)NC2=C1C(=O)CC(c1ccccc1Cl)C2. The van der Waals surface area contributed by atoms with Crippen molar-refractivity contribution in [3.05, 3.63) is 76.0 Å². The molecule has 0 fully saturated rings. The van der Waals surface area contributed by atoms with Gasteiger partial charge >= 0.3 is 0 Å². The molecule has 0 saturated carbocycles. The van der Waals surface area contributed by atoms with E-state index in [-0.39, 0.29) is 29.9 Å². The van der Waals surface area contributed by atoms with E-state index < -0.39 is 0 Å². The lowest BCUT2D eigenvalue weighted by Gasteiger charge is -2.35. The second-order valence-electron chi connectivity index (χ2n) is 7.22. The highest BCUT2D eigenvalue weighted by atomic mass is 35.5. The van der Waals surface area contributed by atoms with E-state index >= 15 is 0 Å². The second kappa shape index (κ2) is 7.80. The van der Waals surface area contributed by atoms with Crippen LogP contribution in [0.3, 0.4) is 0 Å². The van der Waals surface area contributed by atoms with E-state index in [0.717, 1.165) is 28.1 Å². The zero-order chi connectivity index (χ0) is 19.7. The molecule has 5 heteroatoms. The number of halogens is 1. The van der Waals surface area contributed by atoms with Crippen molar-refractivity contribution in [3.63, 3.8) is 0 Å². The van der Waals surface area contributed by atoms with Crippen LogP contribution in [0.1, 0.15) is 49.1 Å². The van der Waals surface area contributed by atoms with Crippen molar-refractivity contribution in [2.24, 2.45) is 0 Å². The van der Waals surface area contributed by atoms with Crippen molar-refractivity contribution in [1.29, 1.82) is 0 Å². The summed E-state index contributed by atoms with van der Waals surface area (Å²) in [7, 11) is 0. The third-order valence-electron chi connectivity index (χ3n) is 5.48. The van der Waals surface area contributed by atoms with Gasteiger partial charge in [0.1, 0.15) is 5.75 Å². The van der Waals surface area contributed by atoms with Crippen LogP contribution in [0.25, 0.3) is 0 Å². The van der Waals surface area contributed by atoms with Gasteiger partial charge in [-0.05, 0) is 37.0 Å². The fraction of sp³-hybridized carbons (Fsp3) is 0.304. The van der Waals surface area contributed by atoms with E-state index in [1.807, 2.05) is 55.5 Å². The number of para-hydroxylation sites is 1. The second-order valence-corrected chi connectivity index (χ2v) is 7.63. The van der Waals surface area contributed by atoms with Crippen LogP contribution in [0, 0.1) is 0 Å². The molecule has 1 amide bonds. The number of hydrogen-bond acceptors (Lipinski definition) is 3. The Morgan fingerprint density at radius 2 is 1.71 bits per heavy atom. The molecule has 4 nitrogen and oxygen atoms in total. The fourth-order valence-corrected chi connectivity index (χ4v) is 4.60. The van der Waals surface area contributed by atoms with Crippen LogP contribution in [0.4, 0.5) is 0 Å². The Morgan fingerprint density at radius 1 is 1.00 bits per heavy atom. The minimum Gasteiger partial charge on any atom is -0.494 e. The zero-order valence-corrected chi connectivity index (χ0v) is 16.5. The third-order valence-corrected chi connectivity index (χ3v) is 5.82. The molecule has 1 aliphatic carbocycles. The maximum absolute atomic E-state index is 13.2. The predicted molar refractivity (Wildman–Crippen MR) is 109 cm³/mol. The lowest BCUT2D eigenvalue weighted by Crippen LogP contribution is -2.38. The van der Waals surface area contributed by atoms with Gasteiger partial charge in [0.25, 0.3) is 0 Å². The summed E-state index contributed by atoms with van der Waals surface area (Å²) in [6.45, 7) is 2.46. The normalized spacial score (nSPS) is 21.9. The number of hydrogen-bond donors (Lipinski definition) is 1. The Bertz CT molecular complexity index is 966. The van der Waals surface area contributed by atoms with Gasteiger partial charge in [-0.15, -0.1) is 0 Å². The summed E-state index contributed by atoms with van der Waals surface area (Å²) in [5, 5.41) is 3.61. The first kappa shape index (κ1) is 18.8. The standard InChI is InChI=1S/C23H22ClNO3/c1-2-28-21-10-6-4-8-16(21)17-13-22(27)25-19-11-14(12-20(26)23(17)19)15-7-3-5-9-18(15)24/h3-10,14,17H,2,11-13H2,1H3,(H,25,27). The van der Waals surface area contributed by atoms with Gasteiger partial charge < -0.3 is 10.1 Å². The first-order valence-corrected chi connectivity index (χ1v) is 9.98. The highest BCUT2D eigenvalue weighted by Gasteiger charge is 2.39. The van der Waals surface area contributed by atoms with Gasteiger partial charge in [-0.25, -0.2) is 0 Å². The summed E-state index contributed by atoms with van der Waals surface area (Å²) >= 11 is 6.36. The van der Waals surface area contributed by atoms with Crippen molar-refractivity contribution in [1.82, 2.24) is 5.32 Å². The molecule has 0 spiro atoms. The van der Waals surface area contributed by atoms with E-state index in [1.54, 1.807) is 0 Å². The van der Waals surface area contributed by atoms with Crippen LogP contribution in [-0.4, -0.2) is 18.3 Å². The molecule has 2 aromatic rings. The van der Waals surface area contributed by atoms with Gasteiger partial charge in [0, 0.05) is 40.6 Å². The first-order chi connectivity index (χ1) is 13.6. The third kappa shape index (κ3) is 3.45. The number of amides is 1. The van der Waals surface area contributed by atoms with E-state index in [1.165, 1.54) is 0 Å². The quantitative estimate of drug-likeness (QED) is 0.813. The largest absolute Gasteiger partial charge is 0.494 e. The van der Waals surface area contributed by atoms with Crippen LogP contribution >= 0.6 is 11.6 Å². The summed E-state index contributed by atoms with van der Waals surface area (Å²) in [6.07, 6.45) is 1.25. The number of nitrogens with one attached hydrogen (secondary N) is 1. The summed E-state index contributed by atoms with van der Waals surface area (Å²) in [5.41, 5.74) is 3.30. The Balaban J connectivity index is 1.74. The summed E-state index contributed by atoms with van der Waals surface area (Å²) in [5.74, 6) is 0.440. The topological polar surface area (TPSA) is 55.4 Å². The van der Waals surface area contributed by atoms with Crippen molar-refractivity contribution in [2.75, 3.05) is 6.61 Å². The Labute approximate surface area is 169 Å². The number of ether oxygens (including phenoxy) is 1. The van der Waals surface area contributed by atoms with E-state index in [0.29, 0.717) is 24.5 Å². The molecule has 2 unspecified atom stereocenters. The number of carbonyl (C=O) groups is 2. The number of carbonyl (C=O) groups excluding carboxylic acids is 2. The predicted octanol–water partition coefficient (Wildman–Crippen LogP) is 4.74. The lowest BCUT2D eigenvalue weighted by molar-refractivity contribution is -0.122. The number of ketones is 1. The average Bonchev–Trinajstić information content (AvgIpc) is 2.68. The van der Waals surface area contributed by atoms with Gasteiger partial charge in [0.15, 0.2) is 5.78 Å². The lowest BCUT2D eigenvalue weighted by atomic mass is 9.73. The van der Waals surface area contributed by atoms with E-state index in [9.17, 15) is 9.59 Å². The molecule has 1 N–H and O–H groups in total. The zero-order valence-electron chi connectivity index (χ0n) is 15.7. The Morgan fingerprint density at radius 3 is 2.46 bits per heavy atom. The smallest absolute Gasteiger partial charge is 0.225 e. The molecule has 0 bridgehead atoms. The van der Waals surface area contributed by atoms with Crippen LogP contribution in [0.15, 0.2) is 59.8 Å². The molecule has 144 valence electrons. The summed E-state index contributed by atoms with van der Waals surface area (Å²) < 4.78 is 5.76. The highest BCUT2D eigenvalue weighted by Crippen LogP contribution is 2.45. The number of rotatable bonds is 4. The summed E-state index contributed by atoms with van der Waals surface area (Å²) in [6, 6.07) is 15.3. The fourth-order valence-electron chi connectivity index (χ4n) is 4.31. The minimum absolute atomic E-state index is 0.0267. The van der Waals surface area contributed by atoms with Gasteiger partial charge in [0.2, 0.25) is 5.91 Å².